The van der Waals surface area contributed by atoms with Gasteiger partial charge in [0, 0.05) is 31.4 Å². The monoisotopic (exact) mass is 495 g/mol. The molecule has 200 valence electrons. The largest absolute Gasteiger partial charge is 0.388 e. The lowest BCUT2D eigenvalue weighted by molar-refractivity contribution is -0.104. The van der Waals surface area contributed by atoms with Crippen molar-refractivity contribution in [3.05, 3.63) is 82.1 Å². The topological polar surface area (TPSA) is 53.6 Å². The number of likely N-dealkylation sites (N-methyl/N-ethyl adjacent to an activating group) is 1. The van der Waals surface area contributed by atoms with Crippen LogP contribution >= 0.6 is 0 Å². The van der Waals surface area contributed by atoms with Gasteiger partial charge in [-0.15, -0.1) is 0 Å². The van der Waals surface area contributed by atoms with Gasteiger partial charge < -0.3 is 15.4 Å². The van der Waals surface area contributed by atoms with Crippen molar-refractivity contribution in [2.24, 2.45) is 0 Å². The molecule has 0 amide bonds. The van der Waals surface area contributed by atoms with Crippen LogP contribution in [0.5, 0.6) is 0 Å². The third kappa shape index (κ3) is 13.0. The molecule has 0 radical (unpaired) electrons. The van der Waals surface area contributed by atoms with Gasteiger partial charge in [-0.3, -0.25) is 9.69 Å². The molecule has 0 aromatic heterocycles. The van der Waals surface area contributed by atoms with Crippen LogP contribution in [0, 0.1) is 0 Å². The Kier molecular flexibility index (Phi) is 17.3. The van der Waals surface area contributed by atoms with Gasteiger partial charge >= 0.3 is 0 Å². The number of aldehydes is 1. The van der Waals surface area contributed by atoms with Crippen molar-refractivity contribution in [1.29, 1.82) is 0 Å². The van der Waals surface area contributed by atoms with Crippen LogP contribution in [0.3, 0.4) is 0 Å². The summed E-state index contributed by atoms with van der Waals surface area (Å²) in [6.45, 7) is 14.8. The summed E-state index contributed by atoms with van der Waals surface area (Å²) >= 11 is 0. The van der Waals surface area contributed by atoms with Crippen molar-refractivity contribution >= 4 is 6.29 Å². The van der Waals surface area contributed by atoms with E-state index >= 15 is 0 Å². The van der Waals surface area contributed by atoms with E-state index in [9.17, 15) is 4.79 Å². The van der Waals surface area contributed by atoms with Crippen LogP contribution in [0.25, 0.3) is 0 Å². The molecule has 1 aromatic rings. The van der Waals surface area contributed by atoms with E-state index in [1.165, 1.54) is 29.7 Å². The van der Waals surface area contributed by atoms with E-state index < -0.39 is 0 Å². The highest BCUT2D eigenvalue weighted by Crippen LogP contribution is 2.19. The molecule has 2 N–H and O–H groups in total. The Hall–Kier alpha value is -2.47. The zero-order valence-electron chi connectivity index (χ0n) is 23.5. The molecule has 1 aliphatic rings. The summed E-state index contributed by atoms with van der Waals surface area (Å²) in [5.74, 6) is 0. The number of hydrogen-bond donors (Lipinski definition) is 2. The number of ether oxygens (including phenoxy) is 1. The number of rotatable bonds is 13. The van der Waals surface area contributed by atoms with Crippen molar-refractivity contribution in [3.63, 3.8) is 0 Å². The highest BCUT2D eigenvalue weighted by atomic mass is 16.5. The van der Waals surface area contributed by atoms with Crippen LogP contribution in [0.1, 0.15) is 52.5 Å². The lowest BCUT2D eigenvalue weighted by Crippen LogP contribution is -2.37. The summed E-state index contributed by atoms with van der Waals surface area (Å²) in [5.41, 5.74) is 6.62. The predicted molar refractivity (Wildman–Crippen MR) is 154 cm³/mol. The van der Waals surface area contributed by atoms with Crippen LogP contribution in [-0.2, 0) is 16.0 Å². The molecule has 1 aromatic carbocycles. The maximum Gasteiger partial charge on any atom is 0.150 e. The summed E-state index contributed by atoms with van der Waals surface area (Å²) in [7, 11) is 3.91. The summed E-state index contributed by atoms with van der Waals surface area (Å²) in [4.78, 5) is 14.1. The van der Waals surface area contributed by atoms with Gasteiger partial charge in [-0.1, -0.05) is 55.8 Å². The minimum Gasteiger partial charge on any atom is -0.388 e. The molecule has 2 rings (SSSR count). The molecular weight excluding hydrogens is 446 g/mol. The van der Waals surface area contributed by atoms with Crippen LogP contribution in [0.2, 0.25) is 0 Å². The fourth-order valence-electron chi connectivity index (χ4n) is 3.98. The molecule has 0 aliphatic carbocycles. The van der Waals surface area contributed by atoms with Crippen LogP contribution in [0.15, 0.2) is 76.5 Å². The normalized spacial score (nSPS) is 16.1. The molecule has 0 bridgehead atoms. The highest BCUT2D eigenvalue weighted by molar-refractivity contribution is 5.79. The maximum atomic E-state index is 11.6. The van der Waals surface area contributed by atoms with Crippen molar-refractivity contribution < 1.29 is 9.53 Å². The summed E-state index contributed by atoms with van der Waals surface area (Å²) in [5, 5.41) is 6.35. The van der Waals surface area contributed by atoms with Gasteiger partial charge in [-0.25, -0.2) is 0 Å². The number of nitrogens with zero attached hydrogens (tertiary/aromatic N) is 1. The van der Waals surface area contributed by atoms with E-state index in [1.54, 1.807) is 0 Å². The van der Waals surface area contributed by atoms with Crippen LogP contribution in [-0.4, -0.2) is 64.7 Å². The first-order valence-electron chi connectivity index (χ1n) is 13.4. The SMILES string of the molecule is CC/C=C(NC)/C(C)=C/C(C=O)=C\C(Cc1ccccc1)=C(/C)CC.CNCCCN1CCOCC1. The average Bonchev–Trinajstić information content (AvgIpc) is 2.92. The lowest BCUT2D eigenvalue weighted by Gasteiger charge is -2.26. The lowest BCUT2D eigenvalue weighted by atomic mass is 9.96. The third-order valence-corrected chi connectivity index (χ3v) is 6.28. The zero-order valence-corrected chi connectivity index (χ0v) is 23.5. The third-order valence-electron chi connectivity index (χ3n) is 6.28. The summed E-state index contributed by atoms with van der Waals surface area (Å²) in [6.07, 6.45) is 11.1. The van der Waals surface area contributed by atoms with Gasteiger partial charge in [0.25, 0.3) is 0 Å². The summed E-state index contributed by atoms with van der Waals surface area (Å²) in [6, 6.07) is 10.4. The first-order chi connectivity index (χ1) is 17.5. The van der Waals surface area contributed by atoms with Crippen LogP contribution < -0.4 is 10.6 Å². The molecule has 0 unspecified atom stereocenters. The zero-order chi connectivity index (χ0) is 26.6. The van der Waals surface area contributed by atoms with E-state index in [0.29, 0.717) is 5.57 Å². The first kappa shape index (κ1) is 31.6. The number of carbonyl (C=O) groups excluding carboxylic acids is 1. The standard InChI is InChI=1S/C23H31NO.C8H18N2O/c1-6-11-23(24-5)19(4)14-21(17-25)16-22(18(3)7-2)15-20-12-9-8-10-13-20;1-9-3-2-4-10-5-7-11-8-6-10/h8-14,16-17,24H,6-7,15H2,1-5H3;9H,2-8H2,1H3/b19-14+,21-16+,22-18+,23-11-;. The van der Waals surface area contributed by atoms with E-state index in [2.05, 4.69) is 66.6 Å². The van der Waals surface area contributed by atoms with Gasteiger partial charge in [0.2, 0.25) is 0 Å². The Morgan fingerprint density at radius 3 is 2.31 bits per heavy atom. The number of carbonyl (C=O) groups is 1. The number of nitrogens with one attached hydrogen (secondary N) is 2. The van der Waals surface area contributed by atoms with Gasteiger partial charge in [-0.2, -0.15) is 0 Å². The van der Waals surface area contributed by atoms with Gasteiger partial charge in [0.1, 0.15) is 6.29 Å². The molecule has 5 heteroatoms. The molecule has 36 heavy (non-hydrogen) atoms. The molecule has 0 atom stereocenters. The minimum absolute atomic E-state index is 0.702. The van der Waals surface area contributed by atoms with E-state index in [-0.39, 0.29) is 0 Å². The highest BCUT2D eigenvalue weighted by Gasteiger charge is 2.08. The quantitative estimate of drug-likeness (QED) is 0.165. The molecule has 0 spiro atoms. The van der Waals surface area contributed by atoms with Crippen molar-refractivity contribution in [3.8, 4) is 0 Å². The average molecular weight is 496 g/mol. The molecule has 1 saturated heterocycles. The number of allylic oxidation sites excluding steroid dienone is 7. The fourth-order valence-corrected chi connectivity index (χ4v) is 3.98. The van der Waals surface area contributed by atoms with Gasteiger partial charge in [0.15, 0.2) is 0 Å². The van der Waals surface area contributed by atoms with Crippen LogP contribution in [0.4, 0.5) is 0 Å². The molecule has 1 aliphatic heterocycles. The van der Waals surface area contributed by atoms with Crippen molar-refractivity contribution in [1.82, 2.24) is 15.5 Å². The first-order valence-corrected chi connectivity index (χ1v) is 13.4. The molecule has 0 saturated carbocycles. The van der Waals surface area contributed by atoms with Crippen molar-refractivity contribution in [2.75, 3.05) is 53.5 Å². The second kappa shape index (κ2) is 19.7. The van der Waals surface area contributed by atoms with E-state index in [1.807, 2.05) is 39.2 Å². The van der Waals surface area contributed by atoms with Crippen molar-refractivity contribution in [2.45, 2.75) is 53.4 Å². The fraction of sp³-hybridized carbons (Fsp3) is 0.516. The Morgan fingerprint density at radius 1 is 1.06 bits per heavy atom. The Bertz CT molecular complexity index is 863. The molecular formula is C31H49N3O2. The number of hydrogen-bond acceptors (Lipinski definition) is 5. The van der Waals surface area contributed by atoms with Gasteiger partial charge in [0.05, 0.1) is 13.2 Å². The second-order valence-corrected chi connectivity index (χ2v) is 9.10. The molecule has 1 fully saturated rings. The molecule has 5 nitrogen and oxygen atoms in total. The van der Waals surface area contributed by atoms with Gasteiger partial charge in [-0.05, 0) is 88.5 Å². The smallest absolute Gasteiger partial charge is 0.150 e. The second-order valence-electron chi connectivity index (χ2n) is 9.10. The predicted octanol–water partition coefficient (Wildman–Crippen LogP) is 5.47. The molecule has 1 heterocycles. The Morgan fingerprint density at radius 2 is 1.75 bits per heavy atom. The Balaban J connectivity index is 0.000000488. The van der Waals surface area contributed by atoms with E-state index in [4.69, 9.17) is 4.74 Å². The minimum atomic E-state index is 0.702. The number of morpholine rings is 1. The summed E-state index contributed by atoms with van der Waals surface area (Å²) < 4.78 is 5.25. The van der Waals surface area contributed by atoms with E-state index in [0.717, 1.165) is 69.7 Å². The number of benzene rings is 1. The Labute approximate surface area is 220 Å². The maximum absolute atomic E-state index is 11.6.